The van der Waals surface area contributed by atoms with Crippen molar-refractivity contribution in [2.75, 3.05) is 45.2 Å². The summed E-state index contributed by atoms with van der Waals surface area (Å²) in [6.45, 7) is 30.4. The second-order valence-electron chi connectivity index (χ2n) is 12.4. The molecule has 3 aliphatic rings. The Morgan fingerprint density at radius 2 is 1.35 bits per heavy atom. The third kappa shape index (κ3) is 12.7. The quantitative estimate of drug-likeness (QED) is 0.219. The number of hydrogen-bond acceptors (Lipinski definition) is 6. The predicted octanol–water partition coefficient (Wildman–Crippen LogP) is 12.9. The highest BCUT2D eigenvalue weighted by Gasteiger charge is 2.43. The van der Waals surface area contributed by atoms with E-state index in [9.17, 15) is 4.39 Å². The van der Waals surface area contributed by atoms with E-state index in [1.807, 2.05) is 115 Å². The molecule has 0 spiro atoms. The number of benzene rings is 2. The van der Waals surface area contributed by atoms with Crippen molar-refractivity contribution in [3.8, 4) is 11.3 Å². The SMILES string of the molecule is CC.CC.CC.CC.CC.CC.CC1CCCN(c2nc(CCC34CCCN3CCC4)nc3c(F)c(-c4cccc5cccc(F)c45)ncc23)C1.CNC. The van der Waals surface area contributed by atoms with Gasteiger partial charge in [0, 0.05) is 42.2 Å². The average Bonchev–Trinajstić information content (AvgIpc) is 3.83. The van der Waals surface area contributed by atoms with Gasteiger partial charge in [0.15, 0.2) is 5.82 Å². The molecule has 3 saturated heterocycles. The average molecular weight is 753 g/mol. The minimum atomic E-state index is -0.500. The number of anilines is 1. The van der Waals surface area contributed by atoms with Crippen LogP contribution < -0.4 is 10.2 Å². The first-order chi connectivity index (χ1) is 26.4. The van der Waals surface area contributed by atoms with Crippen molar-refractivity contribution in [1.82, 2.24) is 25.2 Å². The van der Waals surface area contributed by atoms with Crippen LogP contribution in [-0.2, 0) is 6.42 Å². The minimum absolute atomic E-state index is 0.136. The van der Waals surface area contributed by atoms with Gasteiger partial charge in [0.25, 0.3) is 0 Å². The fourth-order valence-electron chi connectivity index (χ4n) is 7.48. The Morgan fingerprint density at radius 1 is 0.778 bits per heavy atom. The summed E-state index contributed by atoms with van der Waals surface area (Å²) >= 11 is 0. The second-order valence-corrected chi connectivity index (χ2v) is 12.4. The molecule has 6 nitrogen and oxygen atoms in total. The molecule has 2 aromatic carbocycles. The second kappa shape index (κ2) is 28.2. The summed E-state index contributed by atoms with van der Waals surface area (Å²) in [6.07, 6.45) is 10.7. The lowest BCUT2D eigenvalue weighted by Gasteiger charge is -2.33. The van der Waals surface area contributed by atoms with Crippen LogP contribution in [-0.4, -0.2) is 65.7 Å². The van der Waals surface area contributed by atoms with Gasteiger partial charge in [0.1, 0.15) is 28.7 Å². The maximum Gasteiger partial charge on any atom is 0.175 e. The van der Waals surface area contributed by atoms with Gasteiger partial charge in [-0.2, -0.15) is 0 Å². The van der Waals surface area contributed by atoms with Crippen molar-refractivity contribution >= 4 is 27.5 Å². The third-order valence-electron chi connectivity index (χ3n) is 9.40. The zero-order chi connectivity index (χ0) is 41.3. The molecule has 3 fully saturated rings. The minimum Gasteiger partial charge on any atom is -0.356 e. The molecule has 5 heterocycles. The lowest BCUT2D eigenvalue weighted by atomic mass is 9.88. The Kier molecular flexibility index (Phi) is 26.5. The summed E-state index contributed by atoms with van der Waals surface area (Å²) < 4.78 is 31.4. The van der Waals surface area contributed by atoms with Crippen molar-refractivity contribution in [3.05, 3.63) is 60.1 Å². The largest absolute Gasteiger partial charge is 0.356 e. The summed E-state index contributed by atoms with van der Waals surface area (Å²) in [5.41, 5.74) is 1.13. The maximum absolute atomic E-state index is 16.5. The molecule has 1 N–H and O–H groups in total. The van der Waals surface area contributed by atoms with Crippen LogP contribution in [0, 0.1) is 17.6 Å². The van der Waals surface area contributed by atoms with Crippen LogP contribution in [0.3, 0.4) is 0 Å². The number of fused-ring (bicyclic) bond motifs is 3. The number of hydrogen-bond donors (Lipinski definition) is 1. The van der Waals surface area contributed by atoms with Crippen molar-refractivity contribution in [2.45, 2.75) is 147 Å². The Balaban J connectivity index is 0.00000167. The maximum atomic E-state index is 16.5. The Morgan fingerprint density at radius 3 is 1.93 bits per heavy atom. The molecule has 1 atom stereocenters. The van der Waals surface area contributed by atoms with E-state index in [2.05, 4.69) is 27.0 Å². The first kappa shape index (κ1) is 50.8. The van der Waals surface area contributed by atoms with Crippen LogP contribution in [0.5, 0.6) is 0 Å². The number of aromatic nitrogens is 3. The lowest BCUT2D eigenvalue weighted by Crippen LogP contribution is -2.38. The molecule has 2 aromatic heterocycles. The molecule has 54 heavy (non-hydrogen) atoms. The number of nitrogens with zero attached hydrogens (tertiary/aromatic N) is 5. The Bertz CT molecular complexity index is 1560. The molecule has 3 aliphatic heterocycles. The number of rotatable bonds is 5. The summed E-state index contributed by atoms with van der Waals surface area (Å²) in [5.74, 6) is 1.15. The van der Waals surface area contributed by atoms with Crippen molar-refractivity contribution in [3.63, 3.8) is 0 Å². The van der Waals surface area contributed by atoms with E-state index in [1.54, 1.807) is 18.3 Å². The first-order valence-corrected chi connectivity index (χ1v) is 21.6. The third-order valence-corrected chi connectivity index (χ3v) is 9.40. The highest BCUT2D eigenvalue weighted by Crippen LogP contribution is 2.42. The molecule has 0 amide bonds. The van der Waals surface area contributed by atoms with Crippen molar-refractivity contribution in [2.24, 2.45) is 5.92 Å². The van der Waals surface area contributed by atoms with Crippen LogP contribution in [0.4, 0.5) is 14.6 Å². The number of piperidine rings is 1. The highest BCUT2D eigenvalue weighted by molar-refractivity contribution is 5.99. The molecule has 306 valence electrons. The fraction of sp³-hybridized carbons (Fsp3) is 0.630. The zero-order valence-electron chi connectivity index (χ0n) is 37.1. The monoisotopic (exact) mass is 753 g/mol. The van der Waals surface area contributed by atoms with Crippen LogP contribution in [0.2, 0.25) is 0 Å². The van der Waals surface area contributed by atoms with Crippen molar-refractivity contribution in [1.29, 1.82) is 0 Å². The molecule has 1 unspecified atom stereocenters. The van der Waals surface area contributed by atoms with E-state index in [4.69, 9.17) is 9.97 Å². The van der Waals surface area contributed by atoms with Crippen LogP contribution in [0.1, 0.15) is 141 Å². The smallest absolute Gasteiger partial charge is 0.175 e. The number of pyridine rings is 1. The van der Waals surface area contributed by atoms with Gasteiger partial charge >= 0.3 is 0 Å². The molecule has 4 aromatic rings. The van der Waals surface area contributed by atoms with Gasteiger partial charge in [-0.1, -0.05) is 120 Å². The van der Waals surface area contributed by atoms with Crippen LogP contribution in [0.15, 0.2) is 42.6 Å². The van der Waals surface area contributed by atoms with Gasteiger partial charge < -0.3 is 10.2 Å². The first-order valence-electron chi connectivity index (χ1n) is 21.6. The summed E-state index contributed by atoms with van der Waals surface area (Å²) in [6, 6.07) is 10.3. The lowest BCUT2D eigenvalue weighted by molar-refractivity contribution is 0.182. The van der Waals surface area contributed by atoms with Gasteiger partial charge in [-0.05, 0) is 89.5 Å². The molecule has 0 aliphatic carbocycles. The van der Waals surface area contributed by atoms with Gasteiger partial charge in [-0.25, -0.2) is 18.7 Å². The van der Waals surface area contributed by atoms with Crippen LogP contribution in [0.25, 0.3) is 32.9 Å². The molecule has 0 bridgehead atoms. The molecule has 8 heteroatoms. The highest BCUT2D eigenvalue weighted by atomic mass is 19.1. The van der Waals surface area contributed by atoms with E-state index >= 15 is 4.39 Å². The Labute approximate surface area is 330 Å². The van der Waals surface area contributed by atoms with Crippen molar-refractivity contribution < 1.29 is 8.78 Å². The Hall–Kier alpha value is -3.23. The topological polar surface area (TPSA) is 57.2 Å². The molecule has 0 radical (unpaired) electrons. The van der Waals surface area contributed by atoms with E-state index in [0.29, 0.717) is 33.6 Å². The predicted molar refractivity (Wildman–Crippen MR) is 235 cm³/mol. The van der Waals surface area contributed by atoms with E-state index in [0.717, 1.165) is 43.6 Å². The van der Waals surface area contributed by atoms with E-state index < -0.39 is 5.82 Å². The molecular formula is C46H78F2N6. The van der Waals surface area contributed by atoms with E-state index in [-0.39, 0.29) is 17.1 Å². The summed E-state index contributed by atoms with van der Waals surface area (Å²) in [4.78, 5) is 19.4. The number of halogens is 2. The standard InChI is InChI=1S/C32H35F2N5.C2H7N.6C2H6/c1-21-7-4-16-38(20-21)31-24-19-35-29(23-10-2-8-22-9-3-11-25(33)27(22)23)28(34)30(24)36-26(37-31)12-15-32-13-5-17-39(32)18-6-14-32;1-3-2;6*1-2/h2-3,8-11,19,21H,4-7,12-18,20H2,1H3;3H,1-2H3;6*1-2H3. The van der Waals surface area contributed by atoms with Gasteiger partial charge in [0.05, 0.1) is 5.39 Å². The zero-order valence-corrected chi connectivity index (χ0v) is 37.1. The fourth-order valence-corrected chi connectivity index (χ4v) is 7.48. The number of nitrogens with one attached hydrogen (secondary N) is 1. The summed E-state index contributed by atoms with van der Waals surface area (Å²) in [5, 5.41) is 4.49. The summed E-state index contributed by atoms with van der Waals surface area (Å²) in [7, 11) is 3.75. The molecule has 7 rings (SSSR count). The molecular weight excluding hydrogens is 675 g/mol. The van der Waals surface area contributed by atoms with Gasteiger partial charge in [0.2, 0.25) is 0 Å². The number of aryl methyl sites for hydroxylation is 1. The normalized spacial score (nSPS) is 16.3. The van der Waals surface area contributed by atoms with Gasteiger partial charge in [-0.15, -0.1) is 0 Å². The van der Waals surface area contributed by atoms with Crippen LogP contribution >= 0.6 is 0 Å². The molecule has 0 saturated carbocycles. The van der Waals surface area contributed by atoms with Gasteiger partial charge in [-0.3, -0.25) is 9.88 Å². The van der Waals surface area contributed by atoms with E-state index in [1.165, 1.54) is 51.3 Å².